The van der Waals surface area contributed by atoms with Crippen LogP contribution in [0.5, 0.6) is 0 Å². The molecule has 0 aliphatic carbocycles. The predicted molar refractivity (Wildman–Crippen MR) is 110 cm³/mol. The predicted octanol–water partition coefficient (Wildman–Crippen LogP) is 4.45. The van der Waals surface area contributed by atoms with Crippen LogP contribution in [0.2, 0.25) is 0 Å². The number of nitrogens with one attached hydrogen (secondary N) is 1. The maximum Gasteiger partial charge on any atom is 0.233 e. The van der Waals surface area contributed by atoms with Gasteiger partial charge in [-0.2, -0.15) is 0 Å². The second-order valence-electron chi connectivity index (χ2n) is 6.05. The molecule has 0 saturated carbocycles. The summed E-state index contributed by atoms with van der Waals surface area (Å²) in [6.07, 6.45) is 1.62. The van der Waals surface area contributed by atoms with Crippen molar-refractivity contribution < 1.29 is 9.21 Å². The average Bonchev–Trinajstić information content (AvgIpc) is 3.48. The van der Waals surface area contributed by atoms with E-state index in [1.54, 1.807) is 22.5 Å². The van der Waals surface area contributed by atoms with Gasteiger partial charge in [0.1, 0.15) is 5.76 Å². The summed E-state index contributed by atoms with van der Waals surface area (Å²) in [5, 5.41) is 9.69. The lowest BCUT2D eigenvalue weighted by atomic mass is 10.2. The van der Waals surface area contributed by atoms with E-state index in [0.29, 0.717) is 18.2 Å². The van der Waals surface area contributed by atoms with E-state index >= 15 is 0 Å². The normalized spacial score (nSPS) is 10.9. The molecule has 0 bridgehead atoms. The van der Waals surface area contributed by atoms with E-state index in [0.717, 1.165) is 22.0 Å². The fourth-order valence-corrected chi connectivity index (χ4v) is 4.04. The van der Waals surface area contributed by atoms with Gasteiger partial charge in [-0.25, -0.2) is 4.98 Å². The molecule has 142 valence electrons. The van der Waals surface area contributed by atoms with E-state index in [2.05, 4.69) is 15.2 Å². The Morgan fingerprint density at radius 1 is 1.11 bits per heavy atom. The van der Waals surface area contributed by atoms with Crippen molar-refractivity contribution in [3.63, 3.8) is 0 Å². The minimum atomic E-state index is 0.00715. The Hall–Kier alpha value is -2.84. The van der Waals surface area contributed by atoms with E-state index in [-0.39, 0.29) is 11.7 Å². The Labute approximate surface area is 170 Å². The lowest BCUT2D eigenvalue weighted by Gasteiger charge is -2.21. The van der Waals surface area contributed by atoms with Crippen molar-refractivity contribution >= 4 is 29.0 Å². The maximum atomic E-state index is 12.9. The number of thiophene rings is 1. The summed E-state index contributed by atoms with van der Waals surface area (Å²) in [4.78, 5) is 20.2. The zero-order chi connectivity index (χ0) is 19.2. The summed E-state index contributed by atoms with van der Waals surface area (Å²) in [5.74, 6) is 1.75. The largest absolute Gasteiger partial charge is 0.467 e. The molecule has 0 aliphatic heterocycles. The van der Waals surface area contributed by atoms with Gasteiger partial charge >= 0.3 is 0 Å². The molecule has 0 saturated heterocycles. The highest BCUT2D eigenvalue weighted by atomic mass is 32.2. The van der Waals surface area contributed by atoms with Crippen LogP contribution in [0.3, 0.4) is 0 Å². The van der Waals surface area contributed by atoms with E-state index in [1.165, 1.54) is 11.8 Å². The number of hydrogen-bond donors (Lipinski definition) is 1. The average molecular weight is 411 g/mol. The Morgan fingerprint density at radius 3 is 2.75 bits per heavy atom. The summed E-state index contributed by atoms with van der Waals surface area (Å²) in [5.41, 5.74) is 1.07. The number of carbonyl (C=O) groups excluding carboxylic acids is 1. The molecule has 1 aromatic carbocycles. The minimum Gasteiger partial charge on any atom is -0.467 e. The smallest absolute Gasteiger partial charge is 0.233 e. The second-order valence-corrected chi connectivity index (χ2v) is 7.94. The number of rotatable bonds is 8. The van der Waals surface area contributed by atoms with Crippen LogP contribution in [-0.2, 0) is 17.9 Å². The molecule has 0 aliphatic rings. The molecule has 0 unspecified atom stereocenters. The first-order valence-corrected chi connectivity index (χ1v) is 10.6. The highest BCUT2D eigenvalue weighted by Gasteiger charge is 2.17. The highest BCUT2D eigenvalue weighted by Crippen LogP contribution is 2.23. The summed E-state index contributed by atoms with van der Waals surface area (Å²) < 4.78 is 5.43. The molecule has 4 rings (SSSR count). The summed E-state index contributed by atoms with van der Waals surface area (Å²) in [6, 6.07) is 17.6. The SMILES string of the molecule is O=C(CSc1n[nH]c(-c2cccs2)n1)N(Cc1ccccc1)Cc1ccco1. The Bertz CT molecular complexity index is 998. The van der Waals surface area contributed by atoms with Gasteiger partial charge in [-0.05, 0) is 29.1 Å². The van der Waals surface area contributed by atoms with Gasteiger partial charge in [0.05, 0.1) is 23.4 Å². The number of nitrogens with zero attached hydrogens (tertiary/aromatic N) is 3. The molecule has 3 heterocycles. The van der Waals surface area contributed by atoms with E-state index < -0.39 is 0 Å². The molecule has 0 radical (unpaired) electrons. The molecule has 8 heteroatoms. The number of aromatic nitrogens is 3. The Morgan fingerprint density at radius 2 is 2.00 bits per heavy atom. The summed E-state index contributed by atoms with van der Waals surface area (Å²) in [7, 11) is 0. The molecule has 28 heavy (non-hydrogen) atoms. The minimum absolute atomic E-state index is 0.00715. The molecular weight excluding hydrogens is 392 g/mol. The van der Waals surface area contributed by atoms with Crippen molar-refractivity contribution in [3.05, 3.63) is 77.6 Å². The number of aromatic amines is 1. The lowest BCUT2D eigenvalue weighted by Crippen LogP contribution is -2.31. The number of hydrogen-bond acceptors (Lipinski definition) is 6. The van der Waals surface area contributed by atoms with Crippen LogP contribution >= 0.6 is 23.1 Å². The quantitative estimate of drug-likeness (QED) is 0.435. The van der Waals surface area contributed by atoms with Crippen molar-refractivity contribution in [1.82, 2.24) is 20.1 Å². The summed E-state index contributed by atoms with van der Waals surface area (Å²) >= 11 is 2.92. The molecule has 4 aromatic rings. The fourth-order valence-electron chi connectivity index (χ4n) is 2.68. The first kappa shape index (κ1) is 18.5. The van der Waals surface area contributed by atoms with E-state index in [4.69, 9.17) is 4.42 Å². The molecule has 0 atom stereocenters. The number of furan rings is 1. The van der Waals surface area contributed by atoms with E-state index in [1.807, 2.05) is 60.0 Å². The molecule has 3 aromatic heterocycles. The first-order valence-electron chi connectivity index (χ1n) is 8.71. The van der Waals surface area contributed by atoms with Crippen molar-refractivity contribution in [2.75, 3.05) is 5.75 Å². The van der Waals surface area contributed by atoms with Gasteiger partial charge in [-0.15, -0.1) is 16.4 Å². The van der Waals surface area contributed by atoms with Gasteiger partial charge in [-0.1, -0.05) is 48.2 Å². The van der Waals surface area contributed by atoms with Crippen LogP contribution in [0, 0.1) is 0 Å². The molecule has 1 amide bonds. The van der Waals surface area contributed by atoms with Gasteiger partial charge < -0.3 is 9.32 Å². The molecule has 0 fully saturated rings. The van der Waals surface area contributed by atoms with Crippen LogP contribution in [0.25, 0.3) is 10.7 Å². The van der Waals surface area contributed by atoms with E-state index in [9.17, 15) is 4.79 Å². The maximum absolute atomic E-state index is 12.9. The van der Waals surface area contributed by atoms with Crippen molar-refractivity contribution in [2.45, 2.75) is 18.2 Å². The molecule has 6 nitrogen and oxygen atoms in total. The Kier molecular flexibility index (Phi) is 5.89. The third kappa shape index (κ3) is 4.71. The van der Waals surface area contributed by atoms with Gasteiger partial charge in [0, 0.05) is 6.54 Å². The topological polar surface area (TPSA) is 75.0 Å². The number of carbonyl (C=O) groups is 1. The van der Waals surface area contributed by atoms with Crippen molar-refractivity contribution in [3.8, 4) is 10.7 Å². The zero-order valence-electron chi connectivity index (χ0n) is 14.9. The number of benzene rings is 1. The third-order valence-electron chi connectivity index (χ3n) is 4.04. The van der Waals surface area contributed by atoms with Crippen LogP contribution in [-0.4, -0.2) is 31.7 Å². The molecule has 0 spiro atoms. The Balaban J connectivity index is 1.41. The lowest BCUT2D eigenvalue weighted by molar-refractivity contribution is -0.129. The van der Waals surface area contributed by atoms with Crippen LogP contribution in [0.4, 0.5) is 0 Å². The zero-order valence-corrected chi connectivity index (χ0v) is 16.6. The second kappa shape index (κ2) is 8.90. The summed E-state index contributed by atoms with van der Waals surface area (Å²) in [6.45, 7) is 0.950. The van der Waals surface area contributed by atoms with Gasteiger partial charge in [0.15, 0.2) is 5.82 Å². The van der Waals surface area contributed by atoms with Crippen LogP contribution < -0.4 is 0 Å². The van der Waals surface area contributed by atoms with Gasteiger partial charge in [0.25, 0.3) is 0 Å². The molecule has 1 N–H and O–H groups in total. The van der Waals surface area contributed by atoms with Gasteiger partial charge in [-0.3, -0.25) is 9.89 Å². The molecular formula is C20H18N4O2S2. The third-order valence-corrected chi connectivity index (χ3v) is 5.75. The van der Waals surface area contributed by atoms with Crippen molar-refractivity contribution in [1.29, 1.82) is 0 Å². The van der Waals surface area contributed by atoms with Crippen LogP contribution in [0.15, 0.2) is 75.8 Å². The van der Waals surface area contributed by atoms with Gasteiger partial charge in [0.2, 0.25) is 11.1 Å². The monoisotopic (exact) mass is 410 g/mol. The first-order chi connectivity index (χ1) is 13.8. The number of H-pyrrole nitrogens is 1. The fraction of sp³-hybridized carbons (Fsp3) is 0.150. The van der Waals surface area contributed by atoms with Crippen molar-refractivity contribution in [2.24, 2.45) is 0 Å². The number of thioether (sulfide) groups is 1. The highest BCUT2D eigenvalue weighted by molar-refractivity contribution is 7.99. The standard InChI is InChI=1S/C20H18N4O2S2/c25-18(14-28-20-21-19(22-23-20)17-9-5-11-27-17)24(13-16-8-4-10-26-16)12-15-6-2-1-3-7-15/h1-11H,12-14H2,(H,21,22,23). The number of amides is 1. The van der Waals surface area contributed by atoms with Crippen LogP contribution in [0.1, 0.15) is 11.3 Å².